The van der Waals surface area contributed by atoms with Gasteiger partial charge in [-0.2, -0.15) is 0 Å². The van der Waals surface area contributed by atoms with E-state index < -0.39 is 34.6 Å². The molecule has 0 spiro atoms. The highest BCUT2D eigenvalue weighted by atomic mass is 32.2. The molecule has 0 atom stereocenters. The van der Waals surface area contributed by atoms with Gasteiger partial charge < -0.3 is 14.2 Å². The van der Waals surface area contributed by atoms with E-state index in [4.69, 9.17) is 9.47 Å². The summed E-state index contributed by atoms with van der Waals surface area (Å²) in [5, 5.41) is 10.2. The monoisotopic (exact) mass is 486 g/mol. The molecule has 176 valence electrons. The van der Waals surface area contributed by atoms with E-state index in [0.717, 1.165) is 12.0 Å². The molecule has 11 nitrogen and oxygen atoms in total. The number of nitro groups is 1. The summed E-state index contributed by atoms with van der Waals surface area (Å²) in [6.45, 7) is 1.49. The summed E-state index contributed by atoms with van der Waals surface area (Å²) in [7, 11) is 1.16. The minimum absolute atomic E-state index is 0.0983. The second-order valence-corrected chi connectivity index (χ2v) is 7.67. The zero-order chi connectivity index (χ0) is 24.8. The van der Waals surface area contributed by atoms with Crippen LogP contribution < -0.4 is 9.47 Å². The van der Waals surface area contributed by atoms with Crippen molar-refractivity contribution in [1.29, 1.82) is 0 Å². The molecule has 0 N–H and O–H groups in total. The van der Waals surface area contributed by atoms with Crippen LogP contribution in [0.3, 0.4) is 0 Å². The maximum Gasteiger partial charge on any atom is 0.343 e. The van der Waals surface area contributed by atoms with Crippen LogP contribution in [0.5, 0.6) is 11.5 Å². The molecular weight excluding hydrogens is 468 g/mol. The van der Waals surface area contributed by atoms with Gasteiger partial charge in [-0.1, -0.05) is 6.07 Å². The van der Waals surface area contributed by atoms with Crippen molar-refractivity contribution in [2.24, 2.45) is 0 Å². The molecular formula is C22H18N2O9S. The van der Waals surface area contributed by atoms with Crippen LogP contribution in [0.25, 0.3) is 6.08 Å². The second-order valence-electron chi connectivity index (χ2n) is 6.68. The van der Waals surface area contributed by atoms with Gasteiger partial charge in [0.25, 0.3) is 16.8 Å². The highest BCUT2D eigenvalue weighted by Crippen LogP contribution is 2.35. The lowest BCUT2D eigenvalue weighted by atomic mass is 10.1. The average Bonchev–Trinajstić information content (AvgIpc) is 3.08. The number of hydrogen-bond acceptors (Lipinski definition) is 10. The number of nitrogens with zero attached hydrogens (tertiary/aromatic N) is 2. The normalized spacial score (nSPS) is 14.3. The van der Waals surface area contributed by atoms with Crippen molar-refractivity contribution in [3.63, 3.8) is 0 Å². The molecule has 0 bridgehead atoms. The van der Waals surface area contributed by atoms with Gasteiger partial charge in [-0.15, -0.1) is 0 Å². The molecule has 0 aromatic heterocycles. The van der Waals surface area contributed by atoms with Crippen molar-refractivity contribution in [2.75, 3.05) is 20.3 Å². The van der Waals surface area contributed by atoms with E-state index in [-0.39, 0.29) is 34.3 Å². The highest BCUT2D eigenvalue weighted by molar-refractivity contribution is 8.18. The smallest absolute Gasteiger partial charge is 0.343 e. The van der Waals surface area contributed by atoms with Gasteiger partial charge in [0.2, 0.25) is 0 Å². The number of rotatable bonds is 8. The van der Waals surface area contributed by atoms with Crippen molar-refractivity contribution in [2.45, 2.75) is 6.92 Å². The second kappa shape index (κ2) is 10.6. The van der Waals surface area contributed by atoms with Gasteiger partial charge in [-0.05, 0) is 54.6 Å². The first kappa shape index (κ1) is 24.5. The van der Waals surface area contributed by atoms with Crippen LogP contribution in [-0.2, 0) is 14.3 Å². The Morgan fingerprint density at radius 3 is 2.44 bits per heavy atom. The standard InChI is InChI=1S/C22H18N2O9S/c1-3-32-17-10-13(11-18-20(26)23(22(28)34-18)12-19(25)31-2)4-9-16(17)33-21(27)14-5-7-15(8-6-14)24(29)30/h4-11H,3,12H2,1-2H3/b18-11-. The van der Waals surface area contributed by atoms with Crippen molar-refractivity contribution in [1.82, 2.24) is 4.90 Å². The van der Waals surface area contributed by atoms with E-state index in [0.29, 0.717) is 17.3 Å². The van der Waals surface area contributed by atoms with Gasteiger partial charge in [0.05, 0.1) is 29.1 Å². The third-order valence-corrected chi connectivity index (χ3v) is 5.38. The molecule has 1 heterocycles. The Kier molecular flexibility index (Phi) is 7.64. The van der Waals surface area contributed by atoms with Crippen LogP contribution in [0.2, 0.25) is 0 Å². The maximum atomic E-state index is 12.5. The zero-order valence-corrected chi connectivity index (χ0v) is 18.8. The molecule has 1 saturated heterocycles. The summed E-state index contributed by atoms with van der Waals surface area (Å²) < 4.78 is 15.4. The van der Waals surface area contributed by atoms with Crippen LogP contribution in [0.15, 0.2) is 47.4 Å². The number of carbonyl (C=O) groups excluding carboxylic acids is 4. The third-order valence-electron chi connectivity index (χ3n) is 4.47. The number of benzene rings is 2. The molecule has 0 unspecified atom stereocenters. The quantitative estimate of drug-likeness (QED) is 0.179. The number of esters is 2. The molecule has 12 heteroatoms. The van der Waals surface area contributed by atoms with Crippen LogP contribution in [0.1, 0.15) is 22.8 Å². The SMILES string of the molecule is CCOc1cc(/C=C2\SC(=O)N(CC(=O)OC)C2=O)ccc1OC(=O)c1ccc([N+](=O)[O-])cc1. The van der Waals surface area contributed by atoms with Gasteiger partial charge in [-0.25, -0.2) is 4.79 Å². The highest BCUT2D eigenvalue weighted by Gasteiger charge is 2.36. The minimum atomic E-state index is -0.743. The molecule has 3 rings (SSSR count). The Morgan fingerprint density at radius 1 is 1.12 bits per heavy atom. The van der Waals surface area contributed by atoms with Crippen LogP contribution in [0.4, 0.5) is 10.5 Å². The molecule has 0 saturated carbocycles. The fraction of sp³-hybridized carbons (Fsp3) is 0.182. The molecule has 0 aliphatic carbocycles. The predicted molar refractivity (Wildman–Crippen MR) is 120 cm³/mol. The lowest BCUT2D eigenvalue weighted by Gasteiger charge is -2.12. The number of amides is 2. The van der Waals surface area contributed by atoms with Gasteiger partial charge in [-0.3, -0.25) is 29.4 Å². The third kappa shape index (κ3) is 5.59. The summed E-state index contributed by atoms with van der Waals surface area (Å²) in [4.78, 5) is 59.5. The van der Waals surface area contributed by atoms with Crippen LogP contribution in [0, 0.1) is 10.1 Å². The fourth-order valence-electron chi connectivity index (χ4n) is 2.83. The van der Waals surface area contributed by atoms with Gasteiger partial charge >= 0.3 is 11.9 Å². The number of nitro benzene ring substituents is 1. The molecule has 2 aromatic rings. The van der Waals surface area contributed by atoms with Gasteiger partial charge in [0, 0.05) is 12.1 Å². The number of carbonyl (C=O) groups is 4. The first-order chi connectivity index (χ1) is 16.2. The first-order valence-corrected chi connectivity index (χ1v) is 10.6. The number of hydrogen-bond donors (Lipinski definition) is 0. The molecule has 2 aromatic carbocycles. The number of thioether (sulfide) groups is 1. The van der Waals surface area contributed by atoms with Gasteiger partial charge in [0.1, 0.15) is 6.54 Å². The molecule has 1 aliphatic rings. The van der Waals surface area contributed by atoms with E-state index in [9.17, 15) is 29.3 Å². The Labute approximate surface area is 197 Å². The maximum absolute atomic E-state index is 12.5. The predicted octanol–water partition coefficient (Wildman–Crippen LogP) is 3.42. The van der Waals surface area contributed by atoms with E-state index in [1.807, 2.05) is 0 Å². The van der Waals surface area contributed by atoms with E-state index >= 15 is 0 Å². The average molecular weight is 486 g/mol. The zero-order valence-electron chi connectivity index (χ0n) is 18.0. The molecule has 34 heavy (non-hydrogen) atoms. The van der Waals surface area contributed by atoms with Crippen molar-refractivity contribution in [3.8, 4) is 11.5 Å². The summed E-state index contributed by atoms with van der Waals surface area (Å²) >= 11 is 0.680. The Hall–Kier alpha value is -4.19. The molecule has 0 radical (unpaired) electrons. The lowest BCUT2D eigenvalue weighted by Crippen LogP contribution is -2.34. The Morgan fingerprint density at radius 2 is 1.82 bits per heavy atom. The number of imide groups is 1. The molecule has 1 fully saturated rings. The summed E-state index contributed by atoms with van der Waals surface area (Å²) in [6, 6.07) is 9.47. The summed E-state index contributed by atoms with van der Waals surface area (Å²) in [5.41, 5.74) is 0.436. The van der Waals surface area contributed by atoms with E-state index in [1.165, 1.54) is 42.5 Å². The van der Waals surface area contributed by atoms with Crippen LogP contribution >= 0.6 is 11.8 Å². The lowest BCUT2D eigenvalue weighted by molar-refractivity contribution is -0.384. The number of non-ortho nitro benzene ring substituents is 1. The topological polar surface area (TPSA) is 142 Å². The van der Waals surface area contributed by atoms with Crippen molar-refractivity contribution in [3.05, 3.63) is 68.6 Å². The minimum Gasteiger partial charge on any atom is -0.490 e. The van der Waals surface area contributed by atoms with Crippen molar-refractivity contribution >= 4 is 46.6 Å². The number of ether oxygens (including phenoxy) is 3. The summed E-state index contributed by atoms with van der Waals surface area (Å²) in [5.74, 6) is -1.79. The van der Waals surface area contributed by atoms with Crippen molar-refractivity contribution < 1.29 is 38.3 Å². The number of methoxy groups -OCH3 is 1. The Balaban J connectivity index is 1.81. The van der Waals surface area contributed by atoms with E-state index in [2.05, 4.69) is 4.74 Å². The largest absolute Gasteiger partial charge is 0.490 e. The van der Waals surface area contributed by atoms with Gasteiger partial charge in [0.15, 0.2) is 11.5 Å². The first-order valence-electron chi connectivity index (χ1n) is 9.79. The molecule has 2 amide bonds. The molecule has 1 aliphatic heterocycles. The van der Waals surface area contributed by atoms with Crippen LogP contribution in [-0.4, -0.2) is 53.2 Å². The Bertz CT molecular complexity index is 1190. The fourth-order valence-corrected chi connectivity index (χ4v) is 3.66. The van der Waals surface area contributed by atoms with E-state index in [1.54, 1.807) is 13.0 Å². The summed E-state index contributed by atoms with van der Waals surface area (Å²) in [6.07, 6.45) is 1.45.